The lowest BCUT2D eigenvalue weighted by atomic mass is 10.2. The van der Waals surface area contributed by atoms with Crippen LogP contribution in [0.5, 0.6) is 5.75 Å². The second kappa shape index (κ2) is 6.70. The molecule has 0 saturated heterocycles. The molecule has 1 heterocycles. The Morgan fingerprint density at radius 3 is 3.00 bits per heavy atom. The van der Waals surface area contributed by atoms with E-state index in [-0.39, 0.29) is 18.3 Å². The van der Waals surface area contributed by atoms with Crippen LogP contribution in [-0.4, -0.2) is 22.7 Å². The van der Waals surface area contributed by atoms with Crippen molar-refractivity contribution in [3.8, 4) is 5.75 Å². The minimum Gasteiger partial charge on any atom is -0.481 e. The van der Waals surface area contributed by atoms with E-state index in [1.165, 1.54) is 12.1 Å². The highest BCUT2D eigenvalue weighted by Gasteiger charge is 2.08. The van der Waals surface area contributed by atoms with Crippen molar-refractivity contribution in [3.05, 3.63) is 41.8 Å². The number of aromatic nitrogens is 2. The van der Waals surface area contributed by atoms with Crippen molar-refractivity contribution in [3.63, 3.8) is 0 Å². The molecule has 0 radical (unpaired) electrons. The number of halogens is 1. The van der Waals surface area contributed by atoms with E-state index in [1.54, 1.807) is 18.2 Å². The lowest BCUT2D eigenvalue weighted by Gasteiger charge is -2.06. The van der Waals surface area contributed by atoms with E-state index in [0.29, 0.717) is 5.82 Å². The molecule has 2 aromatic rings. The molecule has 1 amide bonds. The van der Waals surface area contributed by atoms with Gasteiger partial charge in [-0.1, -0.05) is 25.5 Å². The van der Waals surface area contributed by atoms with Gasteiger partial charge in [0.15, 0.2) is 24.0 Å². The van der Waals surface area contributed by atoms with E-state index < -0.39 is 5.82 Å². The Labute approximate surface area is 116 Å². The molecule has 0 spiro atoms. The zero-order valence-electron chi connectivity index (χ0n) is 11.1. The van der Waals surface area contributed by atoms with Gasteiger partial charge >= 0.3 is 0 Å². The average molecular weight is 277 g/mol. The smallest absolute Gasteiger partial charge is 0.263 e. The molecule has 2 N–H and O–H groups in total. The van der Waals surface area contributed by atoms with Crippen LogP contribution in [0.1, 0.15) is 19.0 Å². The molecule has 0 aliphatic carbocycles. The predicted octanol–water partition coefficient (Wildman–Crippen LogP) is 2.52. The first-order valence-electron chi connectivity index (χ1n) is 6.40. The fourth-order valence-corrected chi connectivity index (χ4v) is 1.71. The molecule has 0 unspecified atom stereocenters. The Morgan fingerprint density at radius 1 is 1.45 bits per heavy atom. The van der Waals surface area contributed by atoms with E-state index in [2.05, 4.69) is 22.4 Å². The second-order valence-corrected chi connectivity index (χ2v) is 4.30. The summed E-state index contributed by atoms with van der Waals surface area (Å²) in [6.45, 7) is 1.79. The van der Waals surface area contributed by atoms with Gasteiger partial charge in [0, 0.05) is 11.8 Å². The topological polar surface area (TPSA) is 67.0 Å². The van der Waals surface area contributed by atoms with E-state index in [0.717, 1.165) is 18.5 Å². The first-order chi connectivity index (χ1) is 9.69. The number of anilines is 1. The van der Waals surface area contributed by atoms with Crippen LogP contribution in [0.15, 0.2) is 30.3 Å². The van der Waals surface area contributed by atoms with E-state index in [4.69, 9.17) is 4.74 Å². The number of H-pyrrole nitrogens is 1. The fourth-order valence-electron chi connectivity index (χ4n) is 1.71. The molecule has 2 rings (SSSR count). The third kappa shape index (κ3) is 3.81. The van der Waals surface area contributed by atoms with Crippen molar-refractivity contribution in [2.45, 2.75) is 19.8 Å². The van der Waals surface area contributed by atoms with Gasteiger partial charge in [-0.15, -0.1) is 0 Å². The minimum atomic E-state index is -0.495. The molecule has 0 fully saturated rings. The number of carbonyl (C=O) groups is 1. The third-order valence-corrected chi connectivity index (χ3v) is 2.61. The molecule has 0 aliphatic heterocycles. The maximum atomic E-state index is 13.3. The van der Waals surface area contributed by atoms with Gasteiger partial charge in [-0.3, -0.25) is 9.89 Å². The first-order valence-corrected chi connectivity index (χ1v) is 6.40. The molecule has 5 nitrogen and oxygen atoms in total. The van der Waals surface area contributed by atoms with Crippen molar-refractivity contribution < 1.29 is 13.9 Å². The number of ether oxygens (including phenoxy) is 1. The molecule has 0 bridgehead atoms. The van der Waals surface area contributed by atoms with Crippen LogP contribution in [0.25, 0.3) is 0 Å². The van der Waals surface area contributed by atoms with Crippen LogP contribution in [-0.2, 0) is 11.2 Å². The van der Waals surface area contributed by atoms with Crippen LogP contribution in [0.2, 0.25) is 0 Å². The molecule has 0 saturated carbocycles. The van der Waals surface area contributed by atoms with Gasteiger partial charge in [0.25, 0.3) is 5.91 Å². The SMILES string of the molecule is CCCc1cc(NC(=O)COc2ccccc2F)n[nH]1. The summed E-state index contributed by atoms with van der Waals surface area (Å²) in [5, 5.41) is 9.37. The molecule has 1 aromatic heterocycles. The number of amides is 1. The molecular formula is C14H16FN3O2. The maximum Gasteiger partial charge on any atom is 0.263 e. The van der Waals surface area contributed by atoms with Gasteiger partial charge in [0.1, 0.15) is 0 Å². The van der Waals surface area contributed by atoms with Crippen LogP contribution in [0, 0.1) is 5.82 Å². The lowest BCUT2D eigenvalue weighted by molar-refractivity contribution is -0.118. The molecular weight excluding hydrogens is 261 g/mol. The Morgan fingerprint density at radius 2 is 2.25 bits per heavy atom. The monoisotopic (exact) mass is 277 g/mol. The first kappa shape index (κ1) is 14.0. The van der Waals surface area contributed by atoms with Crippen LogP contribution >= 0.6 is 0 Å². The number of hydrogen-bond acceptors (Lipinski definition) is 3. The molecule has 0 atom stereocenters. The number of aromatic amines is 1. The zero-order valence-corrected chi connectivity index (χ0v) is 11.1. The summed E-state index contributed by atoms with van der Waals surface area (Å²) in [4.78, 5) is 11.7. The normalized spacial score (nSPS) is 10.3. The molecule has 1 aromatic carbocycles. The molecule has 20 heavy (non-hydrogen) atoms. The fraction of sp³-hybridized carbons (Fsp3) is 0.286. The van der Waals surface area contributed by atoms with Gasteiger partial charge in [-0.05, 0) is 18.6 Å². The molecule has 106 valence electrons. The number of nitrogens with zero attached hydrogens (tertiary/aromatic N) is 1. The van der Waals surface area contributed by atoms with Gasteiger partial charge in [0.05, 0.1) is 0 Å². The lowest BCUT2D eigenvalue weighted by Crippen LogP contribution is -2.20. The number of carbonyl (C=O) groups excluding carboxylic acids is 1. The van der Waals surface area contributed by atoms with Crippen molar-refractivity contribution >= 4 is 11.7 Å². The molecule has 6 heteroatoms. The van der Waals surface area contributed by atoms with Crippen molar-refractivity contribution in [1.29, 1.82) is 0 Å². The maximum absolute atomic E-state index is 13.3. The van der Waals surface area contributed by atoms with Crippen LogP contribution in [0.3, 0.4) is 0 Å². The summed E-state index contributed by atoms with van der Waals surface area (Å²) in [5.41, 5.74) is 0.956. The third-order valence-electron chi connectivity index (χ3n) is 2.61. The van der Waals surface area contributed by atoms with Crippen LogP contribution in [0.4, 0.5) is 10.2 Å². The summed E-state index contributed by atoms with van der Waals surface area (Å²) in [5.74, 6) is -0.389. The van der Waals surface area contributed by atoms with Crippen molar-refractivity contribution in [1.82, 2.24) is 10.2 Å². The van der Waals surface area contributed by atoms with E-state index in [1.807, 2.05) is 0 Å². The highest BCUT2D eigenvalue weighted by molar-refractivity contribution is 5.90. The van der Waals surface area contributed by atoms with Crippen LogP contribution < -0.4 is 10.1 Å². The van der Waals surface area contributed by atoms with Gasteiger partial charge in [-0.2, -0.15) is 5.10 Å². The summed E-state index contributed by atoms with van der Waals surface area (Å²) >= 11 is 0. The number of nitrogens with one attached hydrogen (secondary N) is 2. The summed E-state index contributed by atoms with van der Waals surface area (Å²) < 4.78 is 18.4. The highest BCUT2D eigenvalue weighted by Crippen LogP contribution is 2.15. The average Bonchev–Trinajstić information content (AvgIpc) is 2.85. The van der Waals surface area contributed by atoms with Gasteiger partial charge in [0.2, 0.25) is 0 Å². The standard InChI is InChI=1S/C14H16FN3O2/c1-2-5-10-8-13(18-17-10)16-14(19)9-20-12-7-4-3-6-11(12)15/h3-4,6-8H,2,5,9H2,1H3,(H2,16,17,18,19). The minimum absolute atomic E-state index is 0.0522. The highest BCUT2D eigenvalue weighted by atomic mass is 19.1. The van der Waals surface area contributed by atoms with Crippen molar-refractivity contribution in [2.24, 2.45) is 0 Å². The number of para-hydroxylation sites is 1. The summed E-state index contributed by atoms with van der Waals surface area (Å²) in [7, 11) is 0. The van der Waals surface area contributed by atoms with E-state index >= 15 is 0 Å². The second-order valence-electron chi connectivity index (χ2n) is 4.30. The Bertz CT molecular complexity index is 583. The number of rotatable bonds is 6. The van der Waals surface area contributed by atoms with Gasteiger partial charge < -0.3 is 10.1 Å². The van der Waals surface area contributed by atoms with Gasteiger partial charge in [-0.25, -0.2) is 4.39 Å². The number of benzene rings is 1. The summed E-state index contributed by atoms with van der Waals surface area (Å²) in [6, 6.07) is 7.71. The predicted molar refractivity (Wildman–Crippen MR) is 73.1 cm³/mol. The zero-order chi connectivity index (χ0) is 14.4. The van der Waals surface area contributed by atoms with Crippen molar-refractivity contribution in [2.75, 3.05) is 11.9 Å². The Balaban J connectivity index is 1.84. The quantitative estimate of drug-likeness (QED) is 0.852. The summed E-state index contributed by atoms with van der Waals surface area (Å²) in [6.07, 6.45) is 1.86. The molecule has 0 aliphatic rings. The largest absolute Gasteiger partial charge is 0.481 e. The Kier molecular flexibility index (Phi) is 4.70. The Hall–Kier alpha value is -2.37. The number of hydrogen-bond donors (Lipinski definition) is 2. The van der Waals surface area contributed by atoms with E-state index in [9.17, 15) is 9.18 Å². The number of aryl methyl sites for hydroxylation is 1.